The molecule has 0 heterocycles. The Hall–Kier alpha value is -3.23. The Morgan fingerprint density at radius 2 is 1.81 bits per heavy atom. The Morgan fingerprint density at radius 3 is 2.56 bits per heavy atom. The minimum atomic E-state index is -1.03. The quantitative estimate of drug-likeness (QED) is 0.0977. The zero-order chi connectivity index (χ0) is 48.3. The van der Waals surface area contributed by atoms with Crippen LogP contribution in [0.4, 0.5) is 0 Å². The summed E-state index contributed by atoms with van der Waals surface area (Å²) in [5, 5.41) is 33.9. The maximum Gasteiger partial charge on any atom is 0.306 e. The molecule has 0 aromatic carbocycles. The van der Waals surface area contributed by atoms with Crippen molar-refractivity contribution < 1.29 is 39.2 Å². The molecular weight excluding hydrogens is 853 g/mol. The van der Waals surface area contributed by atoms with E-state index in [1.54, 1.807) is 0 Å². The Labute approximate surface area is 407 Å². The van der Waals surface area contributed by atoms with Gasteiger partial charge in [-0.1, -0.05) is 51.3 Å². The van der Waals surface area contributed by atoms with Crippen LogP contribution in [0.15, 0.2) is 46.7 Å². The van der Waals surface area contributed by atoms with Gasteiger partial charge in [0.15, 0.2) is 5.78 Å². The predicted molar refractivity (Wildman–Crippen MR) is 263 cm³/mol. The summed E-state index contributed by atoms with van der Waals surface area (Å²) in [6, 6.07) is 0. The first-order valence-corrected chi connectivity index (χ1v) is 27.1. The van der Waals surface area contributed by atoms with Crippen LogP contribution in [-0.2, 0) is 23.9 Å². The largest absolute Gasteiger partial charge is 0.481 e. The van der Waals surface area contributed by atoms with Crippen LogP contribution in [0.5, 0.6) is 0 Å². The number of carbonyl (C=O) groups excluding carboxylic acids is 2. The average Bonchev–Trinajstić information content (AvgIpc) is 3.81. The number of hydrogen-bond donors (Lipinski definition) is 4. The van der Waals surface area contributed by atoms with E-state index >= 15 is 0 Å². The molecular formula is C58H84N2O8. The topological polar surface area (TPSA) is 160 Å². The van der Waals surface area contributed by atoms with Gasteiger partial charge in [-0.05, 0) is 198 Å². The highest BCUT2D eigenvalue weighted by Crippen LogP contribution is 2.70. The molecule has 6 saturated carbocycles. The lowest BCUT2D eigenvalue weighted by Crippen LogP contribution is -2.63. The van der Waals surface area contributed by atoms with E-state index in [2.05, 4.69) is 62.7 Å². The first kappa shape index (κ1) is 49.7. The molecule has 6 fully saturated rings. The molecule has 9 rings (SSSR count). The molecule has 68 heavy (non-hydrogen) atoms. The van der Waals surface area contributed by atoms with Crippen LogP contribution in [0.3, 0.4) is 0 Å². The van der Waals surface area contributed by atoms with Gasteiger partial charge in [-0.15, -0.1) is 5.92 Å². The molecule has 10 heteroatoms. The fourth-order valence-electron chi connectivity index (χ4n) is 17.6. The van der Waals surface area contributed by atoms with Crippen molar-refractivity contribution in [1.29, 1.82) is 0 Å². The van der Waals surface area contributed by atoms with Gasteiger partial charge in [0.05, 0.1) is 18.8 Å². The molecule has 10 nitrogen and oxygen atoms in total. The molecule has 17 atom stereocenters. The van der Waals surface area contributed by atoms with Gasteiger partial charge < -0.3 is 35.4 Å². The summed E-state index contributed by atoms with van der Waals surface area (Å²) in [7, 11) is 2.05. The SMILES string of the molecule is CC#C[C@@]1(O)CCC2C3CCC4=CCCCC4=C3[C@@H](C3C=CC(N(C)CCO[C@H]4CC[C@@]5(C)[C@@H](C4)C[C@@H](OC(=O)CCCN)[C@@H]4[C@@H]5C[C@H](O)[C@]5(C)[C@@H]([C@H](C)CCC(=O)O)CC[C@@H]45)=CC3=O)C[C@@]21C. The molecule has 0 saturated heterocycles. The Bertz CT molecular complexity index is 2150. The molecule has 3 unspecified atom stereocenters. The lowest BCUT2D eigenvalue weighted by Gasteiger charge is -2.64. The normalized spacial score (nSPS) is 43.0. The maximum atomic E-state index is 14.5. The monoisotopic (exact) mass is 937 g/mol. The van der Waals surface area contributed by atoms with Crippen molar-refractivity contribution in [2.75, 3.05) is 26.7 Å². The molecule has 5 N–H and O–H groups in total. The molecule has 0 radical (unpaired) electrons. The molecule has 0 spiro atoms. The van der Waals surface area contributed by atoms with E-state index in [9.17, 15) is 29.7 Å². The Morgan fingerprint density at radius 1 is 1.00 bits per heavy atom. The zero-order valence-electron chi connectivity index (χ0n) is 42.3. The summed E-state index contributed by atoms with van der Waals surface area (Å²) < 4.78 is 13.3. The van der Waals surface area contributed by atoms with Crippen LogP contribution in [-0.4, -0.2) is 88.6 Å². The first-order chi connectivity index (χ1) is 32.5. The van der Waals surface area contributed by atoms with Crippen molar-refractivity contribution in [2.45, 2.75) is 181 Å². The molecule has 9 aliphatic rings. The van der Waals surface area contributed by atoms with E-state index in [1.807, 2.05) is 20.0 Å². The number of ketones is 1. The molecule has 0 aromatic rings. The van der Waals surface area contributed by atoms with Gasteiger partial charge in [-0.2, -0.15) is 0 Å². The number of aliphatic hydroxyl groups excluding tert-OH is 1. The third-order valence-electron chi connectivity index (χ3n) is 21.2. The number of rotatable bonds is 14. The number of carbonyl (C=O) groups is 3. The van der Waals surface area contributed by atoms with Crippen molar-refractivity contribution in [3.05, 3.63) is 46.7 Å². The van der Waals surface area contributed by atoms with Crippen molar-refractivity contribution in [1.82, 2.24) is 4.90 Å². The second-order valence-electron chi connectivity index (χ2n) is 24.2. The van der Waals surface area contributed by atoms with Gasteiger partial charge in [0, 0.05) is 55.5 Å². The third-order valence-corrected chi connectivity index (χ3v) is 21.2. The second kappa shape index (κ2) is 19.4. The summed E-state index contributed by atoms with van der Waals surface area (Å²) in [5.74, 6) is 7.33. The minimum absolute atomic E-state index is 0.0226. The third kappa shape index (κ3) is 8.51. The second-order valence-corrected chi connectivity index (χ2v) is 24.2. The number of carboxylic acids is 1. The van der Waals surface area contributed by atoms with Crippen molar-refractivity contribution in [3.8, 4) is 11.8 Å². The van der Waals surface area contributed by atoms with Gasteiger partial charge in [0.25, 0.3) is 0 Å². The number of aliphatic carboxylic acids is 1. The van der Waals surface area contributed by atoms with Crippen LogP contribution >= 0.6 is 0 Å². The number of likely N-dealkylation sites (N-methyl/N-ethyl adjacent to an activating group) is 1. The number of esters is 1. The lowest BCUT2D eigenvalue weighted by atomic mass is 9.43. The smallest absolute Gasteiger partial charge is 0.306 e. The van der Waals surface area contributed by atoms with E-state index in [1.165, 1.54) is 16.7 Å². The Kier molecular flexibility index (Phi) is 14.2. The predicted octanol–water partition coefficient (Wildman–Crippen LogP) is 9.34. The summed E-state index contributed by atoms with van der Waals surface area (Å²) in [5.41, 5.74) is 9.50. The first-order valence-electron chi connectivity index (χ1n) is 27.1. The van der Waals surface area contributed by atoms with E-state index in [0.29, 0.717) is 63.6 Å². The number of hydrogen-bond acceptors (Lipinski definition) is 9. The average molecular weight is 937 g/mol. The standard InChI is InChI=1S/C58H84N2O8/c1-7-24-58(66)26-23-45-42-17-15-36-11-8-9-12-40(36)53(42)43(34-56(45,58)4)41-18-16-38(32-48(41)61)60(6)28-29-67-39-22-25-55(3)37(30-39)31-49(68-52(65)13-10-27-59)54-46-20-19-44(35(2)14-21-51(63)64)57(46,5)50(62)33-47(54)55/h11,16,18,32,35,37,39,41-47,49-50,54,62,66H,8-10,12-15,17,19-23,25-31,33-34,59H2,1-6H3,(H,63,64)/t35-,37+,39+,41?,42?,43-,44-,45?,46+,47+,49-,50+,54+,55+,56+,57-,58-/m1/s1. The van der Waals surface area contributed by atoms with E-state index in [4.69, 9.17) is 15.2 Å². The Balaban J connectivity index is 0.862. The number of ether oxygens (including phenoxy) is 2. The maximum absolute atomic E-state index is 14.5. The number of carboxylic acid groups (broad SMARTS) is 1. The van der Waals surface area contributed by atoms with Crippen LogP contribution < -0.4 is 5.73 Å². The van der Waals surface area contributed by atoms with E-state index in [0.717, 1.165) is 89.2 Å². The number of allylic oxidation sites excluding steroid dienone is 7. The molecule has 374 valence electrons. The van der Waals surface area contributed by atoms with Gasteiger partial charge in [-0.3, -0.25) is 14.4 Å². The zero-order valence-corrected chi connectivity index (χ0v) is 42.3. The molecule has 0 bridgehead atoms. The van der Waals surface area contributed by atoms with Crippen LogP contribution in [0, 0.1) is 87.3 Å². The van der Waals surface area contributed by atoms with Gasteiger partial charge in [-0.25, -0.2) is 0 Å². The number of aliphatic hydroxyl groups is 2. The van der Waals surface area contributed by atoms with Crippen molar-refractivity contribution in [3.63, 3.8) is 0 Å². The van der Waals surface area contributed by atoms with Gasteiger partial charge in [0.2, 0.25) is 0 Å². The summed E-state index contributed by atoms with van der Waals surface area (Å²) in [6.07, 6.45) is 23.9. The highest BCUT2D eigenvalue weighted by atomic mass is 16.5. The van der Waals surface area contributed by atoms with Crippen LogP contribution in [0.2, 0.25) is 0 Å². The fraction of sp³-hybridized carbons (Fsp3) is 0.776. The number of nitrogens with zero attached hydrogens (tertiary/aromatic N) is 1. The van der Waals surface area contributed by atoms with E-state index in [-0.39, 0.29) is 94.0 Å². The van der Waals surface area contributed by atoms with Crippen molar-refractivity contribution >= 4 is 17.7 Å². The lowest BCUT2D eigenvalue weighted by molar-refractivity contribution is -0.219. The summed E-state index contributed by atoms with van der Waals surface area (Å²) in [4.78, 5) is 41.6. The summed E-state index contributed by atoms with van der Waals surface area (Å²) >= 11 is 0. The molecule has 0 aromatic heterocycles. The molecule has 9 aliphatic carbocycles. The van der Waals surface area contributed by atoms with Crippen LogP contribution in [0.1, 0.15) is 157 Å². The van der Waals surface area contributed by atoms with Gasteiger partial charge >= 0.3 is 11.9 Å². The van der Waals surface area contributed by atoms with Crippen LogP contribution in [0.25, 0.3) is 0 Å². The molecule has 0 amide bonds. The molecule has 0 aliphatic heterocycles. The number of fused-ring (bicyclic) bond motifs is 9. The number of nitrogens with two attached hydrogens (primary N) is 1. The van der Waals surface area contributed by atoms with E-state index < -0.39 is 17.7 Å². The highest BCUT2D eigenvalue weighted by molar-refractivity contribution is 5.96. The summed E-state index contributed by atoms with van der Waals surface area (Å²) in [6.45, 7) is 12.6. The highest BCUT2D eigenvalue weighted by Gasteiger charge is 2.67. The minimum Gasteiger partial charge on any atom is -0.481 e. The van der Waals surface area contributed by atoms with Gasteiger partial charge in [0.1, 0.15) is 11.7 Å². The van der Waals surface area contributed by atoms with Crippen molar-refractivity contribution in [2.24, 2.45) is 81.2 Å². The fourth-order valence-corrected chi connectivity index (χ4v) is 17.6.